The Bertz CT molecular complexity index is 539. The van der Waals surface area contributed by atoms with Crippen molar-refractivity contribution >= 4 is 6.08 Å². The summed E-state index contributed by atoms with van der Waals surface area (Å²) in [6, 6.07) is 8.95. The summed E-state index contributed by atoms with van der Waals surface area (Å²) in [4.78, 5) is 17.4. The summed E-state index contributed by atoms with van der Waals surface area (Å²) in [7, 11) is 2.22. The Kier molecular flexibility index (Phi) is 4.75. The first-order valence-electron chi connectivity index (χ1n) is 8.61. The number of hydrogen-bond donors (Lipinski definition) is 0. The molecule has 0 spiro atoms. The van der Waals surface area contributed by atoms with Gasteiger partial charge in [0.05, 0.1) is 5.54 Å². The van der Waals surface area contributed by atoms with Gasteiger partial charge in [-0.05, 0) is 69.3 Å². The van der Waals surface area contributed by atoms with E-state index in [1.54, 1.807) is 0 Å². The van der Waals surface area contributed by atoms with Crippen LogP contribution in [0.25, 0.3) is 0 Å². The minimum absolute atomic E-state index is 0.288. The average Bonchev–Trinajstić information content (AvgIpc) is 2.90. The first kappa shape index (κ1) is 15.5. The monoisotopic (exact) mass is 298 g/mol. The molecule has 3 heteroatoms. The van der Waals surface area contributed by atoms with Gasteiger partial charge in [0.15, 0.2) is 0 Å². The second-order valence-electron chi connectivity index (χ2n) is 6.99. The molecular weight excluding hydrogens is 272 g/mol. The summed E-state index contributed by atoms with van der Waals surface area (Å²) >= 11 is 0. The molecule has 0 N–H and O–H groups in total. The van der Waals surface area contributed by atoms with Crippen molar-refractivity contribution in [2.45, 2.75) is 56.4 Å². The van der Waals surface area contributed by atoms with Crippen molar-refractivity contribution in [1.82, 2.24) is 4.90 Å². The van der Waals surface area contributed by atoms with Crippen LogP contribution in [0.15, 0.2) is 29.3 Å². The molecule has 2 fully saturated rings. The van der Waals surface area contributed by atoms with Gasteiger partial charge in [0.25, 0.3) is 0 Å². The molecule has 1 saturated carbocycles. The average molecular weight is 298 g/mol. The zero-order valence-electron chi connectivity index (χ0n) is 13.6. The molecule has 0 bridgehead atoms. The van der Waals surface area contributed by atoms with Gasteiger partial charge < -0.3 is 4.90 Å². The Hall–Kier alpha value is -1.44. The maximum atomic E-state index is 10.8. The van der Waals surface area contributed by atoms with Gasteiger partial charge in [-0.2, -0.15) is 4.99 Å². The number of benzene rings is 1. The van der Waals surface area contributed by atoms with E-state index in [1.165, 1.54) is 43.5 Å². The van der Waals surface area contributed by atoms with Gasteiger partial charge in [-0.3, -0.25) is 0 Å². The highest BCUT2D eigenvalue weighted by atomic mass is 16.1. The maximum Gasteiger partial charge on any atom is 0.235 e. The van der Waals surface area contributed by atoms with Crippen LogP contribution in [-0.2, 0) is 10.3 Å². The largest absolute Gasteiger partial charge is 0.306 e. The fourth-order valence-electron chi connectivity index (χ4n) is 4.15. The second-order valence-corrected chi connectivity index (χ2v) is 6.99. The van der Waals surface area contributed by atoms with E-state index in [0.717, 1.165) is 25.7 Å². The van der Waals surface area contributed by atoms with Crippen molar-refractivity contribution in [3.05, 3.63) is 35.4 Å². The topological polar surface area (TPSA) is 32.7 Å². The van der Waals surface area contributed by atoms with Gasteiger partial charge in [0, 0.05) is 0 Å². The minimum atomic E-state index is -0.288. The molecule has 2 aliphatic rings. The summed E-state index contributed by atoms with van der Waals surface area (Å²) < 4.78 is 0. The predicted molar refractivity (Wildman–Crippen MR) is 88.8 cm³/mol. The lowest BCUT2D eigenvalue weighted by molar-refractivity contribution is 0.347. The number of hydrogen-bond acceptors (Lipinski definition) is 3. The standard InChI is InChI=1S/C19H26N2O/c1-21-13-4-5-16(10-14-21)17-6-8-18(9-7-17)19(20-15-22)11-2-3-12-19/h6-9,16H,2-5,10-14H2,1H3. The fraction of sp³-hybridized carbons (Fsp3) is 0.632. The van der Waals surface area contributed by atoms with Crippen LogP contribution in [0.5, 0.6) is 0 Å². The van der Waals surface area contributed by atoms with E-state index < -0.39 is 0 Å². The predicted octanol–water partition coefficient (Wildman–Crippen LogP) is 3.99. The number of rotatable bonds is 3. The van der Waals surface area contributed by atoms with Crippen LogP contribution in [0.4, 0.5) is 0 Å². The molecule has 118 valence electrons. The fourth-order valence-corrected chi connectivity index (χ4v) is 4.15. The van der Waals surface area contributed by atoms with Crippen molar-refractivity contribution < 1.29 is 4.79 Å². The van der Waals surface area contributed by atoms with Crippen LogP contribution in [0.2, 0.25) is 0 Å². The zero-order valence-corrected chi connectivity index (χ0v) is 13.6. The van der Waals surface area contributed by atoms with Gasteiger partial charge in [-0.15, -0.1) is 0 Å². The van der Waals surface area contributed by atoms with Crippen LogP contribution in [-0.4, -0.2) is 31.1 Å². The molecule has 1 aliphatic carbocycles. The van der Waals surface area contributed by atoms with Gasteiger partial charge in [0.2, 0.25) is 6.08 Å². The summed E-state index contributed by atoms with van der Waals surface area (Å²) in [5.41, 5.74) is 2.36. The Morgan fingerprint density at radius 1 is 1.09 bits per heavy atom. The summed E-state index contributed by atoms with van der Waals surface area (Å²) in [5, 5.41) is 0. The molecule has 3 rings (SSSR count). The molecule has 1 aromatic carbocycles. The summed E-state index contributed by atoms with van der Waals surface area (Å²) in [6.45, 7) is 2.40. The van der Waals surface area contributed by atoms with Gasteiger partial charge >= 0.3 is 0 Å². The molecule has 0 amide bonds. The molecule has 1 unspecified atom stereocenters. The van der Waals surface area contributed by atoms with E-state index in [0.29, 0.717) is 5.92 Å². The van der Waals surface area contributed by atoms with Crippen LogP contribution >= 0.6 is 0 Å². The second kappa shape index (κ2) is 6.76. The highest BCUT2D eigenvalue weighted by molar-refractivity contribution is 5.39. The van der Waals surface area contributed by atoms with E-state index in [-0.39, 0.29) is 5.54 Å². The van der Waals surface area contributed by atoms with E-state index >= 15 is 0 Å². The summed E-state index contributed by atoms with van der Waals surface area (Å²) in [6.07, 6.45) is 9.89. The van der Waals surface area contributed by atoms with Crippen molar-refractivity contribution in [3.8, 4) is 0 Å². The zero-order chi connectivity index (χ0) is 15.4. The van der Waals surface area contributed by atoms with Gasteiger partial charge in [0.1, 0.15) is 0 Å². The molecule has 0 aromatic heterocycles. The molecule has 22 heavy (non-hydrogen) atoms. The maximum absolute atomic E-state index is 10.8. The molecular formula is C19H26N2O. The normalized spacial score (nSPS) is 25.4. The molecule has 1 atom stereocenters. The molecule has 0 radical (unpaired) electrons. The summed E-state index contributed by atoms with van der Waals surface area (Å²) in [5.74, 6) is 0.674. The molecule has 1 saturated heterocycles. The third-order valence-electron chi connectivity index (χ3n) is 5.56. The third kappa shape index (κ3) is 3.16. The number of isocyanates is 1. The number of likely N-dealkylation sites (tertiary alicyclic amines) is 1. The molecule has 1 heterocycles. The van der Waals surface area contributed by atoms with E-state index in [9.17, 15) is 4.79 Å². The van der Waals surface area contributed by atoms with E-state index in [4.69, 9.17) is 0 Å². The van der Waals surface area contributed by atoms with E-state index in [1.807, 2.05) is 6.08 Å². The van der Waals surface area contributed by atoms with Crippen LogP contribution in [0, 0.1) is 0 Å². The van der Waals surface area contributed by atoms with Crippen molar-refractivity contribution in [2.75, 3.05) is 20.1 Å². The lowest BCUT2D eigenvalue weighted by atomic mass is 9.85. The molecule has 3 nitrogen and oxygen atoms in total. The molecule has 1 aliphatic heterocycles. The highest BCUT2D eigenvalue weighted by Gasteiger charge is 2.35. The van der Waals surface area contributed by atoms with Crippen LogP contribution in [0.3, 0.4) is 0 Å². The van der Waals surface area contributed by atoms with Crippen LogP contribution in [0.1, 0.15) is 62.0 Å². The van der Waals surface area contributed by atoms with Gasteiger partial charge in [-0.25, -0.2) is 4.79 Å². The Balaban J connectivity index is 1.78. The number of carbonyl (C=O) groups excluding carboxylic acids is 1. The highest BCUT2D eigenvalue weighted by Crippen LogP contribution is 2.42. The quantitative estimate of drug-likeness (QED) is 0.624. The first-order chi connectivity index (χ1) is 10.7. The van der Waals surface area contributed by atoms with Crippen molar-refractivity contribution in [3.63, 3.8) is 0 Å². The van der Waals surface area contributed by atoms with Gasteiger partial charge in [-0.1, -0.05) is 37.1 Å². The first-order valence-corrected chi connectivity index (χ1v) is 8.61. The minimum Gasteiger partial charge on any atom is -0.306 e. The van der Waals surface area contributed by atoms with Crippen molar-refractivity contribution in [2.24, 2.45) is 4.99 Å². The Labute approximate surface area is 133 Å². The van der Waals surface area contributed by atoms with E-state index in [2.05, 4.69) is 41.2 Å². The van der Waals surface area contributed by atoms with Crippen LogP contribution < -0.4 is 0 Å². The molecule has 1 aromatic rings. The number of aliphatic imine (C=N–C) groups is 1. The lowest BCUT2D eigenvalue weighted by Crippen LogP contribution is -2.19. The smallest absolute Gasteiger partial charge is 0.235 e. The SMILES string of the molecule is CN1CCCC(c2ccc(C3(N=C=O)CCCC3)cc2)CC1. The van der Waals surface area contributed by atoms with Crippen molar-refractivity contribution in [1.29, 1.82) is 0 Å². The third-order valence-corrected chi connectivity index (χ3v) is 5.56. The number of nitrogens with zero attached hydrogens (tertiary/aromatic N) is 2. The lowest BCUT2D eigenvalue weighted by Gasteiger charge is -2.24. The Morgan fingerprint density at radius 2 is 1.82 bits per heavy atom. The Morgan fingerprint density at radius 3 is 2.50 bits per heavy atom.